The Bertz CT molecular complexity index is 862. The van der Waals surface area contributed by atoms with Gasteiger partial charge in [-0.3, -0.25) is 4.79 Å². The van der Waals surface area contributed by atoms with E-state index in [0.29, 0.717) is 17.8 Å². The topological polar surface area (TPSA) is 61.0 Å². The summed E-state index contributed by atoms with van der Waals surface area (Å²) in [6.45, 7) is 6.16. The van der Waals surface area contributed by atoms with Gasteiger partial charge in [-0.05, 0) is 37.5 Å². The number of carbonyl (C=O) groups excluding carboxylic acids is 1. The number of aromatic nitrogens is 2. The Kier molecular flexibility index (Phi) is 3.97. The van der Waals surface area contributed by atoms with Crippen LogP contribution in [0.1, 0.15) is 37.7 Å². The summed E-state index contributed by atoms with van der Waals surface area (Å²) in [7, 11) is 0. The normalized spacial score (nSPS) is 27.3. The van der Waals surface area contributed by atoms with E-state index >= 15 is 0 Å². The highest BCUT2D eigenvalue weighted by molar-refractivity contribution is 5.93. The molecule has 3 heterocycles. The molecule has 1 saturated carbocycles. The molecule has 0 bridgehead atoms. The van der Waals surface area contributed by atoms with Gasteiger partial charge in [-0.25, -0.2) is 13.8 Å². The standard InChI is InChI=1S/C19H22F2N4O/c1-3-16(26)25-10-12(5-4-11(25)2)24-15-6-7-22-18-17(15)13(9-23-18)14-8-19(14,20)21/h3,6-7,9,11-12,14H,1,4-5,8,10H2,2H3,(H2,22,23,24)/t11-,12+,14+/m0/s1. The third kappa shape index (κ3) is 2.85. The Morgan fingerprint density at radius 1 is 1.50 bits per heavy atom. The van der Waals surface area contributed by atoms with Crippen LogP contribution in [0.4, 0.5) is 14.5 Å². The number of piperidine rings is 1. The average Bonchev–Trinajstić information content (AvgIpc) is 3.05. The van der Waals surface area contributed by atoms with Crippen LogP contribution in [-0.4, -0.2) is 45.3 Å². The second kappa shape index (κ2) is 6.07. The van der Waals surface area contributed by atoms with E-state index in [1.807, 2.05) is 13.0 Å². The van der Waals surface area contributed by atoms with Crippen molar-refractivity contribution in [2.45, 2.75) is 50.1 Å². The number of amides is 1. The Morgan fingerprint density at radius 3 is 2.96 bits per heavy atom. The number of anilines is 1. The number of hydrogen-bond acceptors (Lipinski definition) is 3. The molecule has 2 aromatic rings. The van der Waals surface area contributed by atoms with E-state index in [1.165, 1.54) is 6.08 Å². The minimum Gasteiger partial charge on any atom is -0.380 e. The maximum Gasteiger partial charge on any atom is 0.256 e. The first-order valence-electron chi connectivity index (χ1n) is 8.94. The lowest BCUT2D eigenvalue weighted by Gasteiger charge is -2.38. The van der Waals surface area contributed by atoms with Gasteiger partial charge in [-0.2, -0.15) is 0 Å². The van der Waals surface area contributed by atoms with E-state index in [4.69, 9.17) is 0 Å². The quantitative estimate of drug-likeness (QED) is 0.818. The Labute approximate surface area is 150 Å². The van der Waals surface area contributed by atoms with Crippen molar-refractivity contribution in [3.8, 4) is 0 Å². The fraction of sp³-hybridized carbons (Fsp3) is 0.474. The second-order valence-corrected chi connectivity index (χ2v) is 7.31. The fourth-order valence-corrected chi connectivity index (χ4v) is 3.90. The van der Waals surface area contributed by atoms with Gasteiger partial charge in [-0.15, -0.1) is 0 Å². The van der Waals surface area contributed by atoms with Gasteiger partial charge < -0.3 is 15.2 Å². The summed E-state index contributed by atoms with van der Waals surface area (Å²) in [6.07, 6.45) is 6.32. The van der Waals surface area contributed by atoms with Crippen LogP contribution in [0.3, 0.4) is 0 Å². The molecule has 0 aromatic carbocycles. The molecule has 2 aromatic heterocycles. The van der Waals surface area contributed by atoms with Gasteiger partial charge >= 0.3 is 0 Å². The lowest BCUT2D eigenvalue weighted by atomic mass is 9.98. The molecule has 138 valence electrons. The number of nitrogens with one attached hydrogen (secondary N) is 2. The van der Waals surface area contributed by atoms with Crippen LogP contribution < -0.4 is 5.32 Å². The van der Waals surface area contributed by atoms with Crippen molar-refractivity contribution < 1.29 is 13.6 Å². The number of fused-ring (bicyclic) bond motifs is 1. The van der Waals surface area contributed by atoms with Gasteiger partial charge in [0.15, 0.2) is 0 Å². The van der Waals surface area contributed by atoms with Gasteiger partial charge in [0.1, 0.15) is 5.65 Å². The molecule has 0 radical (unpaired) electrons. The van der Waals surface area contributed by atoms with Crippen molar-refractivity contribution in [2.24, 2.45) is 0 Å². The smallest absolute Gasteiger partial charge is 0.256 e. The summed E-state index contributed by atoms with van der Waals surface area (Å²) in [5, 5.41) is 4.19. The Morgan fingerprint density at radius 2 is 2.27 bits per heavy atom. The summed E-state index contributed by atoms with van der Waals surface area (Å²) in [5.74, 6) is -3.45. The molecule has 4 rings (SSSR count). The molecular weight excluding hydrogens is 338 g/mol. The van der Waals surface area contributed by atoms with Crippen LogP contribution in [0.2, 0.25) is 0 Å². The predicted molar refractivity (Wildman–Crippen MR) is 96.4 cm³/mol. The maximum atomic E-state index is 13.6. The van der Waals surface area contributed by atoms with Crippen molar-refractivity contribution in [2.75, 3.05) is 11.9 Å². The minimum atomic E-state index is -2.63. The number of H-pyrrole nitrogens is 1. The third-order valence-corrected chi connectivity index (χ3v) is 5.50. The number of nitrogens with zero attached hydrogens (tertiary/aromatic N) is 2. The zero-order valence-corrected chi connectivity index (χ0v) is 14.6. The molecule has 1 saturated heterocycles. The highest BCUT2D eigenvalue weighted by Crippen LogP contribution is 2.57. The van der Waals surface area contributed by atoms with Gasteiger partial charge in [0, 0.05) is 48.5 Å². The zero-order valence-electron chi connectivity index (χ0n) is 14.6. The molecule has 1 amide bonds. The molecule has 2 aliphatic rings. The zero-order chi connectivity index (χ0) is 18.5. The number of pyridine rings is 1. The average molecular weight is 360 g/mol. The van der Waals surface area contributed by atoms with Crippen molar-refractivity contribution in [3.05, 3.63) is 36.7 Å². The van der Waals surface area contributed by atoms with Crippen molar-refractivity contribution >= 4 is 22.6 Å². The molecule has 2 fully saturated rings. The fourth-order valence-electron chi connectivity index (χ4n) is 3.90. The van der Waals surface area contributed by atoms with E-state index in [1.54, 1.807) is 17.3 Å². The highest BCUT2D eigenvalue weighted by Gasteiger charge is 2.58. The van der Waals surface area contributed by atoms with Crippen LogP contribution in [0.25, 0.3) is 11.0 Å². The molecule has 0 unspecified atom stereocenters. The number of likely N-dealkylation sites (tertiary alicyclic amines) is 1. The van der Waals surface area contributed by atoms with E-state index in [-0.39, 0.29) is 24.4 Å². The van der Waals surface area contributed by atoms with Gasteiger partial charge in [0.2, 0.25) is 5.91 Å². The van der Waals surface area contributed by atoms with Crippen LogP contribution in [-0.2, 0) is 4.79 Å². The lowest BCUT2D eigenvalue weighted by Crippen LogP contribution is -2.49. The Balaban J connectivity index is 1.60. The van der Waals surface area contributed by atoms with Crippen molar-refractivity contribution in [1.29, 1.82) is 0 Å². The summed E-state index contributed by atoms with van der Waals surface area (Å²) in [5.41, 5.74) is 2.01. The van der Waals surface area contributed by atoms with Gasteiger partial charge in [-0.1, -0.05) is 6.58 Å². The molecule has 3 atom stereocenters. The summed E-state index contributed by atoms with van der Waals surface area (Å²) in [6, 6.07) is 2.05. The number of halogens is 2. The summed E-state index contributed by atoms with van der Waals surface area (Å²) in [4.78, 5) is 21.1. The van der Waals surface area contributed by atoms with E-state index in [9.17, 15) is 13.6 Å². The van der Waals surface area contributed by atoms with Crippen LogP contribution in [0, 0.1) is 0 Å². The largest absolute Gasteiger partial charge is 0.380 e. The molecule has 1 aliphatic carbocycles. The van der Waals surface area contributed by atoms with Crippen LogP contribution >= 0.6 is 0 Å². The second-order valence-electron chi connectivity index (χ2n) is 7.31. The molecular formula is C19H22F2N4O. The van der Waals surface area contributed by atoms with E-state index in [2.05, 4.69) is 21.9 Å². The number of carbonyl (C=O) groups is 1. The Hall–Kier alpha value is -2.44. The third-order valence-electron chi connectivity index (χ3n) is 5.50. The lowest BCUT2D eigenvalue weighted by molar-refractivity contribution is -0.129. The first-order chi connectivity index (χ1) is 12.4. The molecule has 7 heteroatoms. The molecule has 26 heavy (non-hydrogen) atoms. The monoisotopic (exact) mass is 360 g/mol. The maximum absolute atomic E-state index is 13.6. The SMILES string of the molecule is C=CC(=O)N1C[C@H](Nc2ccnc3[nH]cc([C@H]4CC4(F)F)c23)CC[C@@H]1C. The molecule has 0 spiro atoms. The van der Waals surface area contributed by atoms with Crippen molar-refractivity contribution in [1.82, 2.24) is 14.9 Å². The predicted octanol–water partition coefficient (Wildman–Crippen LogP) is 3.66. The number of hydrogen-bond donors (Lipinski definition) is 2. The van der Waals surface area contributed by atoms with Crippen LogP contribution in [0.15, 0.2) is 31.1 Å². The summed E-state index contributed by atoms with van der Waals surface area (Å²) >= 11 is 0. The first-order valence-corrected chi connectivity index (χ1v) is 8.94. The number of alkyl halides is 2. The first kappa shape index (κ1) is 17.0. The van der Waals surface area contributed by atoms with E-state index < -0.39 is 11.8 Å². The molecule has 1 aliphatic heterocycles. The van der Waals surface area contributed by atoms with Crippen LogP contribution in [0.5, 0.6) is 0 Å². The van der Waals surface area contributed by atoms with E-state index in [0.717, 1.165) is 23.9 Å². The number of aromatic amines is 1. The highest BCUT2D eigenvalue weighted by atomic mass is 19.3. The molecule has 5 nitrogen and oxygen atoms in total. The summed E-state index contributed by atoms with van der Waals surface area (Å²) < 4.78 is 27.2. The van der Waals surface area contributed by atoms with Crippen molar-refractivity contribution in [3.63, 3.8) is 0 Å². The van der Waals surface area contributed by atoms with Gasteiger partial charge in [0.05, 0.1) is 5.92 Å². The van der Waals surface area contributed by atoms with Gasteiger partial charge in [0.25, 0.3) is 5.92 Å². The minimum absolute atomic E-state index is 0.0585. The molecule has 2 N–H and O–H groups in total. The number of rotatable bonds is 4.